The van der Waals surface area contributed by atoms with Gasteiger partial charge in [-0.15, -0.1) is 0 Å². The number of amides is 3. The number of benzene rings is 1. The number of likely N-dealkylation sites (tertiary alicyclic amines) is 1. The molecule has 1 aromatic carbocycles. The number of carbonyl (C=O) groups is 2. The molecule has 7 heteroatoms. The summed E-state index contributed by atoms with van der Waals surface area (Å²) in [5, 5.41) is 2.97. The number of anilines is 1. The molecule has 2 fully saturated rings. The van der Waals surface area contributed by atoms with Crippen molar-refractivity contribution < 1.29 is 19.1 Å². The van der Waals surface area contributed by atoms with E-state index in [0.717, 1.165) is 31.4 Å². The fraction of sp³-hybridized carbons (Fsp3) is 0.579. The van der Waals surface area contributed by atoms with Crippen molar-refractivity contribution in [2.75, 3.05) is 18.4 Å². The maximum atomic E-state index is 12.5. The number of urea groups is 1. The van der Waals surface area contributed by atoms with Crippen molar-refractivity contribution in [2.45, 2.75) is 50.7 Å². The van der Waals surface area contributed by atoms with Crippen molar-refractivity contribution in [1.82, 2.24) is 4.90 Å². The van der Waals surface area contributed by atoms with E-state index in [0.29, 0.717) is 37.4 Å². The largest absolute Gasteiger partial charge is 0.448 e. The zero-order valence-electron chi connectivity index (χ0n) is 14.8. The fourth-order valence-electron chi connectivity index (χ4n) is 4.07. The molecule has 0 unspecified atom stereocenters. The van der Waals surface area contributed by atoms with Crippen molar-refractivity contribution in [3.63, 3.8) is 0 Å². The van der Waals surface area contributed by atoms with Crippen LogP contribution < -0.4 is 20.5 Å². The highest BCUT2D eigenvalue weighted by molar-refractivity contribution is 5.93. The molecule has 7 nitrogen and oxygen atoms in total. The summed E-state index contributed by atoms with van der Waals surface area (Å²) in [6, 6.07) is 5.14. The van der Waals surface area contributed by atoms with Gasteiger partial charge in [0.1, 0.15) is 0 Å². The van der Waals surface area contributed by atoms with Crippen molar-refractivity contribution in [3.8, 4) is 11.5 Å². The number of primary amides is 1. The molecule has 1 aliphatic carbocycles. The van der Waals surface area contributed by atoms with E-state index >= 15 is 0 Å². The van der Waals surface area contributed by atoms with Crippen molar-refractivity contribution >= 4 is 17.6 Å². The molecule has 1 aromatic rings. The molecule has 1 spiro atoms. The van der Waals surface area contributed by atoms with Crippen LogP contribution in [0.5, 0.6) is 11.5 Å². The van der Waals surface area contributed by atoms with Gasteiger partial charge in [0.2, 0.25) is 5.91 Å². The van der Waals surface area contributed by atoms with E-state index < -0.39 is 11.8 Å². The minimum Gasteiger partial charge on any atom is -0.448 e. The Kier molecular flexibility index (Phi) is 4.38. The first-order valence-corrected chi connectivity index (χ1v) is 9.42. The van der Waals surface area contributed by atoms with Crippen LogP contribution in [0.2, 0.25) is 0 Å². The predicted molar refractivity (Wildman–Crippen MR) is 96.0 cm³/mol. The zero-order valence-corrected chi connectivity index (χ0v) is 14.8. The Morgan fingerprint density at radius 1 is 1.08 bits per heavy atom. The second-order valence-electron chi connectivity index (χ2n) is 7.43. The molecule has 3 aliphatic rings. The molecule has 3 N–H and O–H groups in total. The first-order chi connectivity index (χ1) is 12.5. The number of carbonyl (C=O) groups excluding carboxylic acids is 2. The van der Waals surface area contributed by atoms with E-state index in [1.54, 1.807) is 4.90 Å². The Balaban J connectivity index is 1.37. The third-order valence-electron chi connectivity index (χ3n) is 5.60. The van der Waals surface area contributed by atoms with Gasteiger partial charge in [-0.1, -0.05) is 6.42 Å². The quantitative estimate of drug-likeness (QED) is 0.849. The topological polar surface area (TPSA) is 93.9 Å². The molecular weight excluding hydrogens is 334 g/mol. The van der Waals surface area contributed by atoms with Crippen LogP contribution in [0.4, 0.5) is 10.5 Å². The molecule has 2 aliphatic heterocycles. The van der Waals surface area contributed by atoms with Crippen LogP contribution in [0.25, 0.3) is 0 Å². The summed E-state index contributed by atoms with van der Waals surface area (Å²) in [6.45, 7) is 1.05. The van der Waals surface area contributed by atoms with E-state index in [1.807, 2.05) is 18.2 Å². The van der Waals surface area contributed by atoms with Gasteiger partial charge < -0.3 is 25.4 Å². The lowest BCUT2D eigenvalue weighted by Crippen LogP contribution is -2.43. The number of nitrogens with two attached hydrogens (primary N) is 1. The smallest absolute Gasteiger partial charge is 0.314 e. The summed E-state index contributed by atoms with van der Waals surface area (Å²) < 4.78 is 12.2. The number of hydrogen-bond acceptors (Lipinski definition) is 4. The summed E-state index contributed by atoms with van der Waals surface area (Å²) in [7, 11) is 0. The Morgan fingerprint density at radius 3 is 2.46 bits per heavy atom. The number of fused-ring (bicyclic) bond motifs is 1. The second-order valence-corrected chi connectivity index (χ2v) is 7.43. The lowest BCUT2D eigenvalue weighted by molar-refractivity contribution is -0.121. The molecule has 0 radical (unpaired) electrons. The van der Waals surface area contributed by atoms with Gasteiger partial charge in [-0.2, -0.15) is 0 Å². The average molecular weight is 359 g/mol. The van der Waals surface area contributed by atoms with Crippen LogP contribution in [0.15, 0.2) is 18.2 Å². The molecule has 2 heterocycles. The number of hydrogen-bond donors (Lipinski definition) is 2. The SMILES string of the molecule is NC(=O)N1CCC(C(=O)Nc2ccc3c(c2)OC2(CCCCC2)O3)CC1. The Hall–Kier alpha value is -2.44. The maximum absolute atomic E-state index is 12.5. The van der Waals surface area contributed by atoms with Gasteiger partial charge in [0, 0.05) is 43.6 Å². The molecule has 26 heavy (non-hydrogen) atoms. The number of rotatable bonds is 2. The van der Waals surface area contributed by atoms with E-state index in [1.165, 1.54) is 6.42 Å². The summed E-state index contributed by atoms with van der Waals surface area (Å²) in [4.78, 5) is 25.3. The second kappa shape index (κ2) is 6.70. The van der Waals surface area contributed by atoms with E-state index in [4.69, 9.17) is 15.2 Å². The predicted octanol–water partition coefficient (Wildman–Crippen LogP) is 2.85. The molecule has 4 rings (SSSR count). The van der Waals surface area contributed by atoms with Gasteiger partial charge in [-0.25, -0.2) is 4.79 Å². The van der Waals surface area contributed by atoms with Gasteiger partial charge in [0.15, 0.2) is 11.5 Å². The third-order valence-corrected chi connectivity index (χ3v) is 5.60. The van der Waals surface area contributed by atoms with Crippen LogP contribution >= 0.6 is 0 Å². The number of nitrogens with one attached hydrogen (secondary N) is 1. The Morgan fingerprint density at radius 2 is 1.77 bits per heavy atom. The minimum atomic E-state index is -0.509. The first kappa shape index (κ1) is 17.0. The molecule has 3 amide bonds. The first-order valence-electron chi connectivity index (χ1n) is 9.42. The molecule has 1 saturated heterocycles. The maximum Gasteiger partial charge on any atom is 0.314 e. The molecular formula is C19H25N3O4. The van der Waals surface area contributed by atoms with Crippen LogP contribution in [-0.2, 0) is 4.79 Å². The lowest BCUT2D eigenvalue weighted by Gasteiger charge is -2.31. The van der Waals surface area contributed by atoms with Crippen LogP contribution in [0.3, 0.4) is 0 Å². The van der Waals surface area contributed by atoms with Gasteiger partial charge >= 0.3 is 6.03 Å². The molecule has 140 valence electrons. The summed E-state index contributed by atoms with van der Waals surface area (Å²) in [6.07, 6.45) is 6.51. The monoisotopic (exact) mass is 359 g/mol. The van der Waals surface area contributed by atoms with E-state index in [-0.39, 0.29) is 11.8 Å². The summed E-state index contributed by atoms with van der Waals surface area (Å²) in [5.41, 5.74) is 5.99. The number of nitrogens with zero attached hydrogens (tertiary/aromatic N) is 1. The molecule has 0 aromatic heterocycles. The molecule has 0 bridgehead atoms. The van der Waals surface area contributed by atoms with Gasteiger partial charge in [-0.05, 0) is 37.8 Å². The Labute approximate surface area is 152 Å². The van der Waals surface area contributed by atoms with E-state index in [9.17, 15) is 9.59 Å². The van der Waals surface area contributed by atoms with E-state index in [2.05, 4.69) is 5.32 Å². The lowest BCUT2D eigenvalue weighted by atomic mass is 9.94. The Bertz CT molecular complexity index is 707. The van der Waals surface area contributed by atoms with Crippen molar-refractivity contribution in [1.29, 1.82) is 0 Å². The van der Waals surface area contributed by atoms with Crippen LogP contribution in [0, 0.1) is 5.92 Å². The van der Waals surface area contributed by atoms with Crippen LogP contribution in [0.1, 0.15) is 44.9 Å². The zero-order chi connectivity index (χ0) is 18.1. The minimum absolute atomic E-state index is 0.0274. The third kappa shape index (κ3) is 3.30. The standard InChI is InChI=1S/C19H25N3O4/c20-18(24)22-10-6-13(7-11-22)17(23)21-14-4-5-15-16(12-14)26-19(25-15)8-2-1-3-9-19/h4-5,12-13H,1-3,6-11H2,(H2,20,24)(H,21,23). The summed E-state index contributed by atoms with van der Waals surface area (Å²) in [5.74, 6) is 0.805. The molecule has 0 atom stereocenters. The number of ether oxygens (including phenoxy) is 2. The van der Waals surface area contributed by atoms with Gasteiger partial charge in [0.25, 0.3) is 5.79 Å². The van der Waals surface area contributed by atoms with Gasteiger partial charge in [0.05, 0.1) is 0 Å². The van der Waals surface area contributed by atoms with Crippen molar-refractivity contribution in [2.24, 2.45) is 11.7 Å². The fourth-order valence-corrected chi connectivity index (χ4v) is 4.07. The van der Waals surface area contributed by atoms with Crippen molar-refractivity contribution in [3.05, 3.63) is 18.2 Å². The van der Waals surface area contributed by atoms with Crippen LogP contribution in [-0.4, -0.2) is 35.7 Å². The highest BCUT2D eigenvalue weighted by Crippen LogP contribution is 2.46. The number of piperidine rings is 1. The van der Waals surface area contributed by atoms with Gasteiger partial charge in [-0.3, -0.25) is 4.79 Å². The average Bonchev–Trinajstić information content (AvgIpc) is 2.98. The normalized spacial score (nSPS) is 21.6. The summed E-state index contributed by atoms with van der Waals surface area (Å²) >= 11 is 0. The molecule has 1 saturated carbocycles. The highest BCUT2D eigenvalue weighted by atomic mass is 16.7. The highest BCUT2D eigenvalue weighted by Gasteiger charge is 2.42.